The Bertz CT molecular complexity index is 1440. The standard InChI is InChI=1S/C25H30N4O6S/c1-26-22-9-8-21(16-23(22)35-25(26)31)36(32,33)29-10-4-5-18(17-29)24(30)28-13-11-27(12-14-28)19-6-3-7-20(15-19)34-2/h3,6-9,15-16,18H,4-5,10-14,17H2,1-2H3/t18-/m0/s1. The van der Waals surface area contributed by atoms with Gasteiger partial charge >= 0.3 is 5.76 Å². The minimum atomic E-state index is -3.83. The van der Waals surface area contributed by atoms with E-state index in [-0.39, 0.29) is 28.8 Å². The van der Waals surface area contributed by atoms with Crippen molar-refractivity contribution < 1.29 is 22.4 Å². The average molecular weight is 515 g/mol. The van der Waals surface area contributed by atoms with Crippen LogP contribution in [-0.4, -0.2) is 74.5 Å². The monoisotopic (exact) mass is 514 g/mol. The molecular weight excluding hydrogens is 484 g/mol. The van der Waals surface area contributed by atoms with Crippen molar-refractivity contribution in [2.45, 2.75) is 17.7 Å². The fourth-order valence-electron chi connectivity index (χ4n) is 5.04. The molecule has 0 spiro atoms. The number of sulfonamides is 1. The summed E-state index contributed by atoms with van der Waals surface area (Å²) in [5.74, 6) is -0.127. The number of aryl methyl sites for hydroxylation is 1. The van der Waals surface area contributed by atoms with Gasteiger partial charge in [-0.2, -0.15) is 4.31 Å². The van der Waals surface area contributed by atoms with Crippen molar-refractivity contribution in [1.29, 1.82) is 0 Å². The highest BCUT2D eigenvalue weighted by Crippen LogP contribution is 2.28. The molecule has 11 heteroatoms. The Kier molecular flexibility index (Phi) is 6.52. The van der Waals surface area contributed by atoms with Gasteiger partial charge in [-0.15, -0.1) is 0 Å². The van der Waals surface area contributed by atoms with Gasteiger partial charge in [-0.1, -0.05) is 6.07 Å². The Balaban J connectivity index is 1.25. The molecule has 2 aliphatic rings. The number of oxazole rings is 1. The number of aromatic nitrogens is 1. The molecular formula is C25H30N4O6S. The molecule has 3 aromatic rings. The molecule has 0 N–H and O–H groups in total. The summed E-state index contributed by atoms with van der Waals surface area (Å²) < 4.78 is 39.9. The van der Waals surface area contributed by atoms with Crippen molar-refractivity contribution in [2.24, 2.45) is 13.0 Å². The van der Waals surface area contributed by atoms with Crippen LogP contribution in [0, 0.1) is 5.92 Å². The Hall–Kier alpha value is -3.31. The number of rotatable bonds is 5. The summed E-state index contributed by atoms with van der Waals surface area (Å²) in [6.45, 7) is 3.08. The number of hydrogen-bond acceptors (Lipinski definition) is 7. The second-order valence-corrected chi connectivity index (χ2v) is 11.2. The number of carbonyl (C=O) groups is 1. The number of ether oxygens (including phenoxy) is 1. The SMILES string of the molecule is COc1cccc(N2CCN(C(=O)[C@H]3CCCN(S(=O)(=O)c4ccc5c(c4)oc(=O)n5C)C3)CC2)c1. The first-order valence-electron chi connectivity index (χ1n) is 12.1. The third-order valence-electron chi connectivity index (χ3n) is 7.14. The summed E-state index contributed by atoms with van der Waals surface area (Å²) in [6.07, 6.45) is 1.27. The largest absolute Gasteiger partial charge is 0.497 e. The second-order valence-electron chi connectivity index (χ2n) is 9.27. The molecule has 0 aliphatic carbocycles. The molecule has 5 rings (SSSR count). The van der Waals surface area contributed by atoms with E-state index in [1.54, 1.807) is 20.2 Å². The highest BCUT2D eigenvalue weighted by molar-refractivity contribution is 7.89. The van der Waals surface area contributed by atoms with Crippen LogP contribution in [0.15, 0.2) is 56.6 Å². The van der Waals surface area contributed by atoms with Crippen molar-refractivity contribution in [3.63, 3.8) is 0 Å². The molecule has 1 atom stereocenters. The van der Waals surface area contributed by atoms with Gasteiger partial charge in [0.15, 0.2) is 5.58 Å². The van der Waals surface area contributed by atoms with Crippen molar-refractivity contribution >= 4 is 32.7 Å². The zero-order chi connectivity index (χ0) is 25.4. The van der Waals surface area contributed by atoms with Gasteiger partial charge in [0.25, 0.3) is 0 Å². The van der Waals surface area contributed by atoms with Gasteiger partial charge in [0.2, 0.25) is 15.9 Å². The van der Waals surface area contributed by atoms with E-state index in [1.807, 2.05) is 29.2 Å². The third-order valence-corrected chi connectivity index (χ3v) is 9.01. The van der Waals surface area contributed by atoms with Gasteiger partial charge in [-0.3, -0.25) is 9.36 Å². The lowest BCUT2D eigenvalue weighted by Gasteiger charge is -2.39. The first kappa shape index (κ1) is 24.4. The average Bonchev–Trinajstić information content (AvgIpc) is 3.20. The molecule has 2 aliphatic heterocycles. The summed E-state index contributed by atoms with van der Waals surface area (Å²) in [6, 6.07) is 12.3. The summed E-state index contributed by atoms with van der Waals surface area (Å²) in [5, 5.41) is 0. The Morgan fingerprint density at radius 3 is 2.58 bits per heavy atom. The van der Waals surface area contributed by atoms with Crippen LogP contribution in [0.4, 0.5) is 5.69 Å². The highest BCUT2D eigenvalue weighted by Gasteiger charge is 2.36. The minimum Gasteiger partial charge on any atom is -0.497 e. The number of amides is 1. The van der Waals surface area contributed by atoms with Crippen LogP contribution in [0.1, 0.15) is 12.8 Å². The molecule has 2 aromatic carbocycles. The van der Waals surface area contributed by atoms with E-state index >= 15 is 0 Å². The quantitative estimate of drug-likeness (QED) is 0.512. The number of hydrogen-bond donors (Lipinski definition) is 0. The fraction of sp³-hybridized carbons (Fsp3) is 0.440. The minimum absolute atomic E-state index is 0.00435. The third kappa shape index (κ3) is 4.48. The summed E-state index contributed by atoms with van der Waals surface area (Å²) in [4.78, 5) is 29.3. The van der Waals surface area contributed by atoms with E-state index in [1.165, 1.54) is 21.0 Å². The predicted molar refractivity (Wildman–Crippen MR) is 135 cm³/mol. The first-order chi connectivity index (χ1) is 17.3. The number of methoxy groups -OCH3 is 1. The van der Waals surface area contributed by atoms with Crippen LogP contribution in [0.5, 0.6) is 5.75 Å². The molecule has 1 aromatic heterocycles. The highest BCUT2D eigenvalue weighted by atomic mass is 32.2. The van der Waals surface area contributed by atoms with Crippen LogP contribution in [0.25, 0.3) is 11.1 Å². The van der Waals surface area contributed by atoms with E-state index < -0.39 is 15.8 Å². The number of piperidine rings is 1. The van der Waals surface area contributed by atoms with Gasteiger partial charge < -0.3 is 19.0 Å². The molecule has 0 unspecified atom stereocenters. The normalized spacial score (nSPS) is 19.6. The number of benzene rings is 2. The molecule has 2 saturated heterocycles. The fourth-order valence-corrected chi connectivity index (χ4v) is 6.58. The smallest absolute Gasteiger partial charge is 0.419 e. The first-order valence-corrected chi connectivity index (χ1v) is 13.5. The van der Waals surface area contributed by atoms with Crippen molar-refractivity contribution in [3.05, 3.63) is 53.0 Å². The lowest BCUT2D eigenvalue weighted by molar-refractivity contribution is -0.137. The van der Waals surface area contributed by atoms with Crippen molar-refractivity contribution in [1.82, 2.24) is 13.8 Å². The summed E-state index contributed by atoms with van der Waals surface area (Å²) >= 11 is 0. The molecule has 36 heavy (non-hydrogen) atoms. The number of piperazine rings is 1. The van der Waals surface area contributed by atoms with Gasteiger partial charge in [-0.05, 0) is 37.1 Å². The summed E-state index contributed by atoms with van der Waals surface area (Å²) in [5.41, 5.74) is 1.81. The van der Waals surface area contributed by atoms with Gasteiger partial charge in [0, 0.05) is 64.1 Å². The lowest BCUT2D eigenvalue weighted by atomic mass is 9.97. The Morgan fingerprint density at radius 1 is 1.06 bits per heavy atom. The van der Waals surface area contributed by atoms with E-state index in [0.717, 1.165) is 11.4 Å². The van der Waals surface area contributed by atoms with Gasteiger partial charge in [0.1, 0.15) is 5.75 Å². The lowest BCUT2D eigenvalue weighted by Crippen LogP contribution is -2.53. The van der Waals surface area contributed by atoms with E-state index in [2.05, 4.69) is 4.90 Å². The number of anilines is 1. The molecule has 10 nitrogen and oxygen atoms in total. The van der Waals surface area contributed by atoms with Crippen LogP contribution in [0.3, 0.4) is 0 Å². The van der Waals surface area contributed by atoms with E-state index in [4.69, 9.17) is 9.15 Å². The van der Waals surface area contributed by atoms with Gasteiger partial charge in [0.05, 0.1) is 23.4 Å². The molecule has 2 fully saturated rings. The topological polar surface area (TPSA) is 105 Å². The van der Waals surface area contributed by atoms with Crippen molar-refractivity contribution in [3.8, 4) is 5.75 Å². The molecule has 3 heterocycles. The second kappa shape index (κ2) is 9.62. The molecule has 0 saturated carbocycles. The van der Waals surface area contributed by atoms with Crippen LogP contribution in [-0.2, 0) is 21.9 Å². The number of nitrogens with zero attached hydrogens (tertiary/aromatic N) is 4. The maximum Gasteiger partial charge on any atom is 0.419 e. The number of fused-ring (bicyclic) bond motifs is 1. The van der Waals surface area contributed by atoms with Crippen LogP contribution < -0.4 is 15.4 Å². The zero-order valence-corrected chi connectivity index (χ0v) is 21.2. The van der Waals surface area contributed by atoms with E-state index in [0.29, 0.717) is 51.1 Å². The molecule has 1 amide bonds. The van der Waals surface area contributed by atoms with Gasteiger partial charge in [-0.25, -0.2) is 13.2 Å². The van der Waals surface area contributed by atoms with Crippen LogP contribution >= 0.6 is 0 Å². The number of carbonyl (C=O) groups excluding carboxylic acids is 1. The summed E-state index contributed by atoms with van der Waals surface area (Å²) in [7, 11) is -0.625. The maximum atomic E-state index is 13.4. The molecule has 0 radical (unpaired) electrons. The molecule has 0 bridgehead atoms. The zero-order valence-electron chi connectivity index (χ0n) is 20.4. The Morgan fingerprint density at radius 2 is 1.83 bits per heavy atom. The predicted octanol–water partition coefficient (Wildman–Crippen LogP) is 1.89. The molecule has 192 valence electrons. The van der Waals surface area contributed by atoms with Crippen molar-refractivity contribution in [2.75, 3.05) is 51.3 Å². The Labute approximate surface area is 209 Å². The van der Waals surface area contributed by atoms with Crippen LogP contribution in [0.2, 0.25) is 0 Å². The van der Waals surface area contributed by atoms with E-state index in [9.17, 15) is 18.0 Å². The maximum absolute atomic E-state index is 13.4.